The molecule has 3 rings (SSSR count). The third kappa shape index (κ3) is 3.22. The minimum absolute atomic E-state index is 0.0239. The van der Waals surface area contributed by atoms with E-state index >= 15 is 0 Å². The molecule has 0 saturated carbocycles. The molecular weight excluding hydrogens is 461 g/mol. The van der Waals surface area contributed by atoms with Gasteiger partial charge in [0, 0.05) is 19.1 Å². The Hall–Kier alpha value is -1.67. The maximum Gasteiger partial charge on any atom is 0.349 e. The second-order valence-electron chi connectivity index (χ2n) is 4.59. The van der Waals surface area contributed by atoms with Crippen molar-refractivity contribution in [2.45, 2.75) is 0 Å². The van der Waals surface area contributed by atoms with Crippen LogP contribution in [-0.2, 0) is 0 Å². The summed E-state index contributed by atoms with van der Waals surface area (Å²) in [5.74, 6) is -0.489. The molecule has 4 nitrogen and oxygen atoms in total. The van der Waals surface area contributed by atoms with Gasteiger partial charge in [0.2, 0.25) is 0 Å². The number of hydrogen-bond donors (Lipinski definition) is 1. The fourth-order valence-electron chi connectivity index (χ4n) is 1.98. The largest absolute Gasteiger partial charge is 0.422 e. The molecular formula is C16H9BrINO3. The van der Waals surface area contributed by atoms with Crippen molar-refractivity contribution in [2.24, 2.45) is 0 Å². The highest BCUT2D eigenvalue weighted by Gasteiger charge is 2.14. The van der Waals surface area contributed by atoms with E-state index in [1.165, 1.54) is 6.07 Å². The first-order valence-corrected chi connectivity index (χ1v) is 8.20. The molecule has 1 amide bonds. The highest BCUT2D eigenvalue weighted by atomic mass is 127. The maximum absolute atomic E-state index is 12.3. The summed E-state index contributed by atoms with van der Waals surface area (Å²) in [6.07, 6.45) is 0. The first kappa shape index (κ1) is 15.2. The molecule has 0 aliphatic rings. The Balaban J connectivity index is 1.98. The van der Waals surface area contributed by atoms with E-state index in [0.717, 1.165) is 8.04 Å². The van der Waals surface area contributed by atoms with E-state index in [9.17, 15) is 9.59 Å². The summed E-state index contributed by atoms with van der Waals surface area (Å²) in [5, 5.41) is 3.37. The van der Waals surface area contributed by atoms with Crippen LogP contribution >= 0.6 is 38.5 Å². The number of halogens is 2. The molecule has 1 heterocycles. The summed E-state index contributed by atoms with van der Waals surface area (Å²) in [7, 11) is 0. The molecule has 1 N–H and O–H groups in total. The SMILES string of the molecule is O=C(Nc1ccc(I)cc1)c1cc2cc(Br)ccc2oc1=O. The van der Waals surface area contributed by atoms with Crippen molar-refractivity contribution in [2.75, 3.05) is 5.32 Å². The van der Waals surface area contributed by atoms with Crippen LogP contribution < -0.4 is 10.9 Å². The van der Waals surface area contributed by atoms with E-state index in [1.54, 1.807) is 30.3 Å². The lowest BCUT2D eigenvalue weighted by Gasteiger charge is -2.05. The zero-order chi connectivity index (χ0) is 15.7. The zero-order valence-corrected chi connectivity index (χ0v) is 14.8. The van der Waals surface area contributed by atoms with Crippen LogP contribution in [0.2, 0.25) is 0 Å². The maximum atomic E-state index is 12.3. The Bertz CT molecular complexity index is 919. The standard InChI is InChI=1S/C16H9BrINO3/c17-10-1-6-14-9(7-10)8-13(16(21)22-14)15(20)19-12-4-2-11(18)3-5-12/h1-8H,(H,19,20). The molecule has 1 aromatic heterocycles. The van der Waals surface area contributed by atoms with Gasteiger partial charge >= 0.3 is 5.63 Å². The number of hydrogen-bond acceptors (Lipinski definition) is 3. The molecule has 0 aliphatic carbocycles. The van der Waals surface area contributed by atoms with Crippen LogP contribution in [-0.4, -0.2) is 5.91 Å². The topological polar surface area (TPSA) is 59.3 Å². The molecule has 0 radical (unpaired) electrons. The van der Waals surface area contributed by atoms with Crippen molar-refractivity contribution < 1.29 is 9.21 Å². The molecule has 22 heavy (non-hydrogen) atoms. The molecule has 110 valence electrons. The van der Waals surface area contributed by atoms with Gasteiger partial charge in [-0.3, -0.25) is 4.79 Å². The van der Waals surface area contributed by atoms with E-state index in [1.807, 2.05) is 12.1 Å². The number of amides is 1. The van der Waals surface area contributed by atoms with Gasteiger partial charge in [0.25, 0.3) is 5.91 Å². The number of anilines is 1. The monoisotopic (exact) mass is 469 g/mol. The van der Waals surface area contributed by atoms with Crippen molar-refractivity contribution in [3.05, 3.63) is 72.6 Å². The van der Waals surface area contributed by atoms with E-state index in [2.05, 4.69) is 43.8 Å². The predicted octanol–water partition coefficient (Wildman–Crippen LogP) is 4.41. The Labute approximate surface area is 147 Å². The molecule has 3 aromatic rings. The molecule has 2 aromatic carbocycles. The van der Waals surface area contributed by atoms with Crippen LogP contribution in [0.25, 0.3) is 11.0 Å². The zero-order valence-electron chi connectivity index (χ0n) is 11.1. The number of rotatable bonds is 2. The Morgan fingerprint density at radius 2 is 1.82 bits per heavy atom. The summed E-state index contributed by atoms with van der Waals surface area (Å²) in [4.78, 5) is 24.2. The van der Waals surface area contributed by atoms with Crippen LogP contribution in [0.1, 0.15) is 10.4 Å². The molecule has 0 bridgehead atoms. The third-order valence-electron chi connectivity index (χ3n) is 3.04. The minimum Gasteiger partial charge on any atom is -0.422 e. The van der Waals surface area contributed by atoms with Crippen molar-refractivity contribution in [1.29, 1.82) is 0 Å². The molecule has 0 spiro atoms. The second-order valence-corrected chi connectivity index (χ2v) is 6.75. The first-order chi connectivity index (χ1) is 10.5. The van der Waals surface area contributed by atoms with E-state index in [0.29, 0.717) is 16.7 Å². The van der Waals surface area contributed by atoms with E-state index < -0.39 is 11.5 Å². The highest BCUT2D eigenvalue weighted by molar-refractivity contribution is 14.1. The van der Waals surface area contributed by atoms with Gasteiger partial charge in [-0.15, -0.1) is 0 Å². The van der Waals surface area contributed by atoms with E-state index in [4.69, 9.17) is 4.42 Å². The molecule has 0 saturated heterocycles. The van der Waals surface area contributed by atoms with Gasteiger partial charge in [0.1, 0.15) is 11.1 Å². The summed E-state index contributed by atoms with van der Waals surface area (Å²) in [6, 6.07) is 14.1. The lowest BCUT2D eigenvalue weighted by molar-refractivity contribution is 0.102. The van der Waals surface area contributed by atoms with E-state index in [-0.39, 0.29) is 5.56 Å². The van der Waals surface area contributed by atoms with Gasteiger partial charge in [-0.25, -0.2) is 4.79 Å². The minimum atomic E-state index is -0.655. The Morgan fingerprint density at radius 1 is 1.09 bits per heavy atom. The van der Waals surface area contributed by atoms with Gasteiger partial charge in [-0.1, -0.05) is 15.9 Å². The first-order valence-electron chi connectivity index (χ1n) is 6.33. The Kier molecular flexibility index (Phi) is 4.30. The molecule has 6 heteroatoms. The van der Waals surface area contributed by atoms with Crippen molar-refractivity contribution in [3.63, 3.8) is 0 Å². The fourth-order valence-corrected chi connectivity index (χ4v) is 2.72. The number of carbonyl (C=O) groups excluding carboxylic acids is 1. The average molecular weight is 470 g/mol. The van der Waals surface area contributed by atoms with Crippen molar-refractivity contribution >= 4 is 61.1 Å². The third-order valence-corrected chi connectivity index (χ3v) is 4.25. The normalized spacial score (nSPS) is 10.6. The van der Waals surface area contributed by atoms with Crippen molar-refractivity contribution in [1.82, 2.24) is 0 Å². The summed E-state index contributed by atoms with van der Waals surface area (Å²) < 4.78 is 7.09. The van der Waals surface area contributed by atoms with Gasteiger partial charge in [0.15, 0.2) is 0 Å². The molecule has 0 fully saturated rings. The summed E-state index contributed by atoms with van der Waals surface area (Å²) in [5.41, 5.74) is 0.389. The molecule has 0 aliphatic heterocycles. The predicted molar refractivity (Wildman–Crippen MR) is 97.3 cm³/mol. The fraction of sp³-hybridized carbons (Fsp3) is 0. The van der Waals surface area contributed by atoms with Gasteiger partial charge in [-0.2, -0.15) is 0 Å². The lowest BCUT2D eigenvalue weighted by atomic mass is 10.1. The summed E-state index contributed by atoms with van der Waals surface area (Å²) in [6.45, 7) is 0. The highest BCUT2D eigenvalue weighted by Crippen LogP contribution is 2.20. The smallest absolute Gasteiger partial charge is 0.349 e. The average Bonchev–Trinajstić information content (AvgIpc) is 2.49. The van der Waals surface area contributed by atoms with Crippen LogP contribution in [0.3, 0.4) is 0 Å². The van der Waals surface area contributed by atoms with Crippen LogP contribution in [0.4, 0.5) is 5.69 Å². The number of carbonyl (C=O) groups is 1. The van der Waals surface area contributed by atoms with Crippen LogP contribution in [0, 0.1) is 3.57 Å². The quantitative estimate of drug-likeness (QED) is 0.446. The second kappa shape index (κ2) is 6.21. The van der Waals surface area contributed by atoms with Gasteiger partial charge in [-0.05, 0) is 71.1 Å². The van der Waals surface area contributed by atoms with Crippen molar-refractivity contribution in [3.8, 4) is 0 Å². The molecule has 0 atom stereocenters. The number of benzene rings is 2. The lowest BCUT2D eigenvalue weighted by Crippen LogP contribution is -2.20. The number of fused-ring (bicyclic) bond motifs is 1. The van der Waals surface area contributed by atoms with Gasteiger partial charge in [0.05, 0.1) is 0 Å². The summed E-state index contributed by atoms with van der Waals surface area (Å²) >= 11 is 5.53. The van der Waals surface area contributed by atoms with Crippen LogP contribution in [0.5, 0.6) is 0 Å². The van der Waals surface area contributed by atoms with Gasteiger partial charge < -0.3 is 9.73 Å². The Morgan fingerprint density at radius 3 is 2.55 bits per heavy atom. The molecule has 0 unspecified atom stereocenters. The van der Waals surface area contributed by atoms with Crippen LogP contribution in [0.15, 0.2) is 62.2 Å². The number of nitrogens with one attached hydrogen (secondary N) is 1.